The third kappa shape index (κ3) is 5.95. The molecule has 0 unspecified atom stereocenters. The van der Waals surface area contributed by atoms with E-state index >= 15 is 0 Å². The van der Waals surface area contributed by atoms with Gasteiger partial charge in [-0.15, -0.1) is 0 Å². The van der Waals surface area contributed by atoms with E-state index in [4.69, 9.17) is 23.2 Å². The van der Waals surface area contributed by atoms with E-state index in [1.54, 1.807) is 11.6 Å². The van der Waals surface area contributed by atoms with Crippen LogP contribution in [0.25, 0.3) is 0 Å². The summed E-state index contributed by atoms with van der Waals surface area (Å²) in [5.74, 6) is -0.232. The second-order valence-corrected chi connectivity index (χ2v) is 9.34. The van der Waals surface area contributed by atoms with Gasteiger partial charge in [-0.2, -0.15) is 5.10 Å². The van der Waals surface area contributed by atoms with Crippen LogP contribution in [-0.4, -0.2) is 58.7 Å². The summed E-state index contributed by atoms with van der Waals surface area (Å²) in [7, 11) is 2.17. The second-order valence-electron chi connectivity index (χ2n) is 8.58. The first kappa shape index (κ1) is 23.8. The standard InChI is InChI=1S/C25H29Cl2N5O/c1-18-23(24(27)32(29-18)17-21-5-3-4-6-22(21)26)25(33)28-15-19-7-9-20(10-8-19)16-31-13-11-30(2)12-14-31/h3-10H,11-17H2,1-2H3,(H,28,33). The fourth-order valence-corrected chi connectivity index (χ4v) is 4.52. The van der Waals surface area contributed by atoms with Gasteiger partial charge in [0.15, 0.2) is 0 Å². The molecule has 1 N–H and O–H groups in total. The SMILES string of the molecule is Cc1nn(Cc2ccccc2Cl)c(Cl)c1C(=O)NCc1ccc(CN2CCN(C)CC2)cc1. The van der Waals surface area contributed by atoms with E-state index in [2.05, 4.69) is 51.5 Å². The van der Waals surface area contributed by atoms with Gasteiger partial charge in [-0.05, 0) is 36.7 Å². The molecule has 0 radical (unpaired) electrons. The van der Waals surface area contributed by atoms with Gasteiger partial charge < -0.3 is 10.2 Å². The molecule has 8 heteroatoms. The van der Waals surface area contributed by atoms with Crippen molar-refractivity contribution < 1.29 is 4.79 Å². The lowest BCUT2D eigenvalue weighted by Gasteiger charge is -2.32. The molecule has 2 aromatic carbocycles. The molecule has 0 aliphatic carbocycles. The summed E-state index contributed by atoms with van der Waals surface area (Å²) < 4.78 is 1.61. The zero-order chi connectivity index (χ0) is 23.4. The number of amides is 1. The highest BCUT2D eigenvalue weighted by Gasteiger charge is 2.21. The largest absolute Gasteiger partial charge is 0.348 e. The summed E-state index contributed by atoms with van der Waals surface area (Å²) in [6.07, 6.45) is 0. The molecular formula is C25H29Cl2N5O. The summed E-state index contributed by atoms with van der Waals surface area (Å²) in [5, 5.41) is 8.38. The van der Waals surface area contributed by atoms with Crippen molar-refractivity contribution in [3.8, 4) is 0 Å². The van der Waals surface area contributed by atoms with Gasteiger partial charge in [0.1, 0.15) is 5.15 Å². The van der Waals surface area contributed by atoms with Gasteiger partial charge in [0, 0.05) is 44.3 Å². The molecule has 4 rings (SSSR count). The van der Waals surface area contributed by atoms with E-state index in [0.29, 0.717) is 34.5 Å². The molecule has 0 atom stereocenters. The molecule has 174 valence electrons. The lowest BCUT2D eigenvalue weighted by atomic mass is 10.1. The van der Waals surface area contributed by atoms with Crippen LogP contribution in [0.3, 0.4) is 0 Å². The quantitative estimate of drug-likeness (QED) is 0.544. The molecule has 1 fully saturated rings. The van der Waals surface area contributed by atoms with Crippen molar-refractivity contribution in [3.05, 3.63) is 86.7 Å². The number of aryl methyl sites for hydroxylation is 1. The van der Waals surface area contributed by atoms with Crippen LogP contribution < -0.4 is 5.32 Å². The number of nitrogens with one attached hydrogen (secondary N) is 1. The number of likely N-dealkylation sites (N-methyl/N-ethyl adjacent to an activating group) is 1. The summed E-state index contributed by atoms with van der Waals surface area (Å²) in [6, 6.07) is 15.9. The van der Waals surface area contributed by atoms with Crippen molar-refractivity contribution in [3.63, 3.8) is 0 Å². The Labute approximate surface area is 205 Å². The van der Waals surface area contributed by atoms with Crippen LogP contribution in [0.2, 0.25) is 10.2 Å². The van der Waals surface area contributed by atoms with E-state index in [9.17, 15) is 4.79 Å². The summed E-state index contributed by atoms with van der Waals surface area (Å²) in [4.78, 5) is 17.7. The number of piperazine rings is 1. The predicted molar refractivity (Wildman–Crippen MR) is 133 cm³/mol. The van der Waals surface area contributed by atoms with Crippen molar-refractivity contribution in [2.75, 3.05) is 33.2 Å². The monoisotopic (exact) mass is 485 g/mol. The molecule has 6 nitrogen and oxygen atoms in total. The number of carbonyl (C=O) groups excluding carboxylic acids is 1. The van der Waals surface area contributed by atoms with Gasteiger partial charge in [-0.3, -0.25) is 9.69 Å². The van der Waals surface area contributed by atoms with Crippen LogP contribution >= 0.6 is 23.2 Å². The van der Waals surface area contributed by atoms with Crippen LogP contribution in [0.4, 0.5) is 0 Å². The third-order valence-electron chi connectivity index (χ3n) is 6.05. The fourth-order valence-electron chi connectivity index (χ4n) is 4.00. The van der Waals surface area contributed by atoms with Gasteiger partial charge in [0.05, 0.1) is 17.8 Å². The Morgan fingerprint density at radius 3 is 2.33 bits per heavy atom. The molecule has 1 saturated heterocycles. The summed E-state index contributed by atoms with van der Waals surface area (Å²) >= 11 is 12.8. The van der Waals surface area contributed by atoms with Crippen molar-refractivity contribution in [1.29, 1.82) is 0 Å². The van der Waals surface area contributed by atoms with Crippen molar-refractivity contribution in [2.24, 2.45) is 0 Å². The Kier molecular flexibility index (Phi) is 7.71. The minimum Gasteiger partial charge on any atom is -0.348 e. The minimum atomic E-state index is -0.232. The maximum atomic E-state index is 12.9. The second kappa shape index (κ2) is 10.7. The Hall–Kier alpha value is -2.38. The van der Waals surface area contributed by atoms with E-state index in [1.807, 2.05) is 24.3 Å². The van der Waals surface area contributed by atoms with Crippen LogP contribution in [-0.2, 0) is 19.6 Å². The summed E-state index contributed by atoms with van der Waals surface area (Å²) in [6.45, 7) is 8.00. The van der Waals surface area contributed by atoms with E-state index < -0.39 is 0 Å². The highest BCUT2D eigenvalue weighted by atomic mass is 35.5. The number of halogens is 2. The molecule has 1 aromatic heterocycles. The van der Waals surface area contributed by atoms with E-state index in [0.717, 1.165) is 43.9 Å². The van der Waals surface area contributed by atoms with Crippen LogP contribution in [0.5, 0.6) is 0 Å². The van der Waals surface area contributed by atoms with Gasteiger partial charge >= 0.3 is 0 Å². The molecule has 0 bridgehead atoms. The first-order valence-electron chi connectivity index (χ1n) is 11.1. The Balaban J connectivity index is 1.35. The molecule has 0 spiro atoms. The lowest BCUT2D eigenvalue weighted by Crippen LogP contribution is -2.43. The maximum Gasteiger partial charge on any atom is 0.256 e. The molecule has 0 saturated carbocycles. The average Bonchev–Trinajstić information content (AvgIpc) is 3.09. The van der Waals surface area contributed by atoms with E-state index in [-0.39, 0.29) is 5.91 Å². The zero-order valence-electron chi connectivity index (χ0n) is 19.0. The number of benzene rings is 2. The number of nitrogens with zero attached hydrogens (tertiary/aromatic N) is 4. The van der Waals surface area contributed by atoms with Crippen molar-refractivity contribution >= 4 is 29.1 Å². The number of aromatic nitrogens is 2. The molecular weight excluding hydrogens is 457 g/mol. The number of hydrogen-bond acceptors (Lipinski definition) is 4. The minimum absolute atomic E-state index is 0.232. The average molecular weight is 486 g/mol. The van der Waals surface area contributed by atoms with Crippen LogP contribution in [0.1, 0.15) is 32.7 Å². The normalized spacial score (nSPS) is 15.0. The topological polar surface area (TPSA) is 53.4 Å². The highest BCUT2D eigenvalue weighted by Crippen LogP contribution is 2.23. The number of hydrogen-bond donors (Lipinski definition) is 1. The van der Waals surface area contributed by atoms with Crippen LogP contribution in [0, 0.1) is 6.92 Å². The van der Waals surface area contributed by atoms with Crippen LogP contribution in [0.15, 0.2) is 48.5 Å². The number of rotatable bonds is 7. The Morgan fingerprint density at radius 1 is 0.970 bits per heavy atom. The Bertz CT molecular complexity index is 1100. The lowest BCUT2D eigenvalue weighted by molar-refractivity contribution is 0.0950. The Morgan fingerprint density at radius 2 is 1.64 bits per heavy atom. The molecule has 1 amide bonds. The van der Waals surface area contributed by atoms with Crippen molar-refractivity contribution in [1.82, 2.24) is 24.9 Å². The molecule has 1 aliphatic heterocycles. The molecule has 3 aromatic rings. The predicted octanol–water partition coefficient (Wildman–Crippen LogP) is 4.22. The summed E-state index contributed by atoms with van der Waals surface area (Å²) in [5.41, 5.74) is 4.21. The molecule has 2 heterocycles. The van der Waals surface area contributed by atoms with Gasteiger partial charge in [0.2, 0.25) is 0 Å². The van der Waals surface area contributed by atoms with E-state index in [1.165, 1.54) is 5.56 Å². The number of carbonyl (C=O) groups is 1. The molecule has 1 aliphatic rings. The maximum absolute atomic E-state index is 12.9. The first-order chi connectivity index (χ1) is 15.9. The molecule has 33 heavy (non-hydrogen) atoms. The third-order valence-corrected chi connectivity index (χ3v) is 6.80. The smallest absolute Gasteiger partial charge is 0.256 e. The van der Waals surface area contributed by atoms with Gasteiger partial charge in [0.25, 0.3) is 5.91 Å². The van der Waals surface area contributed by atoms with Crippen molar-refractivity contribution in [2.45, 2.75) is 26.6 Å². The highest BCUT2D eigenvalue weighted by molar-refractivity contribution is 6.33. The fraction of sp³-hybridized carbons (Fsp3) is 0.360. The van der Waals surface area contributed by atoms with Gasteiger partial charge in [-0.1, -0.05) is 65.7 Å². The first-order valence-corrected chi connectivity index (χ1v) is 11.9. The zero-order valence-corrected chi connectivity index (χ0v) is 20.5. The van der Waals surface area contributed by atoms with Gasteiger partial charge in [-0.25, -0.2) is 4.68 Å².